The number of carbonyl (C=O) groups excluding carboxylic acids is 2. The smallest absolute Gasteiger partial charge is 0.261 e. The van der Waals surface area contributed by atoms with Crippen LogP contribution in [0.2, 0.25) is 0 Å². The molecule has 0 aliphatic rings. The Morgan fingerprint density at radius 1 is 0.957 bits per heavy atom. The molecule has 0 atom stereocenters. The second-order valence-electron chi connectivity index (χ2n) is 6.32. The Balaban J connectivity index is 1.78. The summed E-state index contributed by atoms with van der Waals surface area (Å²) in [7, 11) is 0. The molecule has 0 aliphatic carbocycles. The Bertz CT molecular complexity index is 655. The first-order valence-corrected chi connectivity index (χ1v) is 8.46. The first-order valence-electron chi connectivity index (χ1n) is 7.58. The average molecular weight is 330 g/mol. The van der Waals surface area contributed by atoms with Gasteiger partial charge in [0.05, 0.1) is 4.88 Å². The fourth-order valence-electron chi connectivity index (χ4n) is 2.07. The van der Waals surface area contributed by atoms with E-state index in [4.69, 9.17) is 0 Å². The quantitative estimate of drug-likeness (QED) is 0.827. The molecule has 0 fully saturated rings. The van der Waals surface area contributed by atoms with Gasteiger partial charge in [0.15, 0.2) is 0 Å². The first-order chi connectivity index (χ1) is 10.9. The third-order valence-electron chi connectivity index (χ3n) is 3.45. The van der Waals surface area contributed by atoms with Crippen LogP contribution >= 0.6 is 11.3 Å². The lowest BCUT2D eigenvalue weighted by Crippen LogP contribution is -2.34. The third-order valence-corrected chi connectivity index (χ3v) is 4.32. The van der Waals surface area contributed by atoms with Crippen LogP contribution in [0.3, 0.4) is 0 Å². The van der Waals surface area contributed by atoms with Gasteiger partial charge in [-0.25, -0.2) is 0 Å². The van der Waals surface area contributed by atoms with Gasteiger partial charge in [-0.2, -0.15) is 0 Å². The van der Waals surface area contributed by atoms with Crippen molar-refractivity contribution in [1.29, 1.82) is 0 Å². The molecular formula is C18H22N2O2S. The van der Waals surface area contributed by atoms with Crippen molar-refractivity contribution < 1.29 is 9.59 Å². The Kier molecular flexibility index (Phi) is 5.55. The zero-order valence-electron chi connectivity index (χ0n) is 13.7. The number of hydrogen-bond acceptors (Lipinski definition) is 3. The molecule has 23 heavy (non-hydrogen) atoms. The van der Waals surface area contributed by atoms with Crippen molar-refractivity contribution >= 4 is 23.2 Å². The summed E-state index contributed by atoms with van der Waals surface area (Å²) in [5.74, 6) is -0.236. The molecule has 1 aromatic carbocycles. The molecule has 5 heteroatoms. The fourth-order valence-corrected chi connectivity index (χ4v) is 2.71. The highest BCUT2D eigenvalue weighted by Gasteiger charge is 2.14. The van der Waals surface area contributed by atoms with Gasteiger partial charge >= 0.3 is 0 Å². The van der Waals surface area contributed by atoms with Crippen molar-refractivity contribution in [1.82, 2.24) is 10.6 Å². The van der Waals surface area contributed by atoms with Crippen LogP contribution in [0.25, 0.3) is 0 Å². The van der Waals surface area contributed by atoms with E-state index in [1.165, 1.54) is 16.9 Å². The van der Waals surface area contributed by atoms with Crippen LogP contribution in [0.15, 0.2) is 41.8 Å². The van der Waals surface area contributed by atoms with Crippen LogP contribution in [0.5, 0.6) is 0 Å². The van der Waals surface area contributed by atoms with Gasteiger partial charge in [-0.3, -0.25) is 9.59 Å². The predicted octanol–water partition coefficient (Wildman–Crippen LogP) is 3.21. The molecular weight excluding hydrogens is 308 g/mol. The lowest BCUT2D eigenvalue weighted by molar-refractivity contribution is 0.0929. The maximum atomic E-state index is 12.1. The summed E-state index contributed by atoms with van der Waals surface area (Å²) in [5.41, 5.74) is 1.89. The van der Waals surface area contributed by atoms with E-state index in [-0.39, 0.29) is 17.2 Å². The normalized spacial score (nSPS) is 11.1. The van der Waals surface area contributed by atoms with E-state index in [2.05, 4.69) is 31.4 Å². The molecule has 2 rings (SSSR count). The van der Waals surface area contributed by atoms with Gasteiger partial charge in [0.25, 0.3) is 11.8 Å². The van der Waals surface area contributed by atoms with Gasteiger partial charge < -0.3 is 10.6 Å². The van der Waals surface area contributed by atoms with Crippen LogP contribution in [0.1, 0.15) is 46.4 Å². The van der Waals surface area contributed by atoms with Crippen LogP contribution in [0, 0.1) is 0 Å². The SMILES string of the molecule is CC(C)(C)c1ccc(C(=O)NCCNC(=O)c2cccs2)cc1. The number of benzene rings is 1. The van der Waals surface area contributed by atoms with Crippen molar-refractivity contribution in [2.24, 2.45) is 0 Å². The van der Waals surface area contributed by atoms with Crippen molar-refractivity contribution in [3.8, 4) is 0 Å². The van der Waals surface area contributed by atoms with E-state index in [9.17, 15) is 9.59 Å². The summed E-state index contributed by atoms with van der Waals surface area (Å²) in [6.45, 7) is 7.22. The maximum absolute atomic E-state index is 12.1. The van der Waals surface area contributed by atoms with E-state index >= 15 is 0 Å². The Labute approximate surface area is 140 Å². The second-order valence-corrected chi connectivity index (χ2v) is 7.26. The molecule has 0 bridgehead atoms. The summed E-state index contributed by atoms with van der Waals surface area (Å²) in [6.07, 6.45) is 0. The van der Waals surface area contributed by atoms with Crippen molar-refractivity contribution in [3.63, 3.8) is 0 Å². The summed E-state index contributed by atoms with van der Waals surface area (Å²) < 4.78 is 0. The summed E-state index contributed by atoms with van der Waals surface area (Å²) in [4.78, 5) is 24.5. The zero-order chi connectivity index (χ0) is 16.9. The van der Waals surface area contributed by atoms with E-state index in [0.717, 1.165) is 0 Å². The largest absolute Gasteiger partial charge is 0.350 e. The topological polar surface area (TPSA) is 58.2 Å². The molecule has 1 aromatic heterocycles. The number of rotatable bonds is 5. The molecule has 2 aromatic rings. The molecule has 122 valence electrons. The molecule has 2 N–H and O–H groups in total. The molecule has 0 saturated carbocycles. The molecule has 0 saturated heterocycles. The van der Waals surface area contributed by atoms with Gasteiger partial charge in [0, 0.05) is 18.7 Å². The minimum absolute atomic E-state index is 0.0705. The highest BCUT2D eigenvalue weighted by Crippen LogP contribution is 2.22. The zero-order valence-corrected chi connectivity index (χ0v) is 14.5. The third kappa shape index (κ3) is 4.93. The summed E-state index contributed by atoms with van der Waals surface area (Å²) in [5, 5.41) is 7.44. The van der Waals surface area contributed by atoms with Gasteiger partial charge in [-0.15, -0.1) is 11.3 Å². The van der Waals surface area contributed by atoms with E-state index in [1.54, 1.807) is 6.07 Å². The maximum Gasteiger partial charge on any atom is 0.261 e. The van der Waals surface area contributed by atoms with Crippen LogP contribution in [-0.2, 0) is 5.41 Å². The lowest BCUT2D eigenvalue weighted by atomic mass is 9.87. The van der Waals surface area contributed by atoms with Crippen molar-refractivity contribution in [3.05, 3.63) is 57.8 Å². The minimum atomic E-state index is -0.129. The fraction of sp³-hybridized carbons (Fsp3) is 0.333. The van der Waals surface area contributed by atoms with Gasteiger partial charge in [-0.05, 0) is 34.6 Å². The average Bonchev–Trinajstić information content (AvgIpc) is 3.05. The summed E-state index contributed by atoms with van der Waals surface area (Å²) >= 11 is 1.40. The standard InChI is InChI=1S/C18H22N2O2S/c1-18(2,3)14-8-6-13(7-9-14)16(21)19-10-11-20-17(22)15-5-4-12-23-15/h4-9,12H,10-11H2,1-3H3,(H,19,21)(H,20,22). The highest BCUT2D eigenvalue weighted by molar-refractivity contribution is 7.12. The van der Waals surface area contributed by atoms with Crippen LogP contribution in [-0.4, -0.2) is 24.9 Å². The minimum Gasteiger partial charge on any atom is -0.350 e. The first kappa shape index (κ1) is 17.2. The second kappa shape index (κ2) is 7.42. The molecule has 0 unspecified atom stereocenters. The number of nitrogens with one attached hydrogen (secondary N) is 2. The Morgan fingerprint density at radius 3 is 2.09 bits per heavy atom. The Hall–Kier alpha value is -2.14. The molecule has 1 heterocycles. The number of hydrogen-bond donors (Lipinski definition) is 2. The van der Waals surface area contributed by atoms with E-state index < -0.39 is 0 Å². The summed E-state index contributed by atoms with van der Waals surface area (Å²) in [6, 6.07) is 11.2. The van der Waals surface area contributed by atoms with Crippen molar-refractivity contribution in [2.45, 2.75) is 26.2 Å². The predicted molar refractivity (Wildman–Crippen MR) is 94.1 cm³/mol. The molecule has 2 amide bonds. The van der Waals surface area contributed by atoms with Gasteiger partial charge in [-0.1, -0.05) is 39.0 Å². The van der Waals surface area contributed by atoms with E-state index in [1.807, 2.05) is 35.7 Å². The molecule has 4 nitrogen and oxygen atoms in total. The van der Waals surface area contributed by atoms with Crippen LogP contribution in [0.4, 0.5) is 0 Å². The van der Waals surface area contributed by atoms with Crippen LogP contribution < -0.4 is 10.6 Å². The van der Waals surface area contributed by atoms with Gasteiger partial charge in [0.1, 0.15) is 0 Å². The Morgan fingerprint density at radius 2 is 1.57 bits per heavy atom. The monoisotopic (exact) mass is 330 g/mol. The molecule has 0 spiro atoms. The van der Waals surface area contributed by atoms with Crippen molar-refractivity contribution in [2.75, 3.05) is 13.1 Å². The highest BCUT2D eigenvalue weighted by atomic mass is 32.1. The number of amides is 2. The molecule has 0 radical (unpaired) electrons. The molecule has 0 aliphatic heterocycles. The number of thiophene rings is 1. The van der Waals surface area contributed by atoms with E-state index in [0.29, 0.717) is 23.5 Å². The number of carbonyl (C=O) groups is 2. The van der Waals surface area contributed by atoms with Gasteiger partial charge in [0.2, 0.25) is 0 Å². The lowest BCUT2D eigenvalue weighted by Gasteiger charge is -2.19.